The summed E-state index contributed by atoms with van der Waals surface area (Å²) in [5.74, 6) is 1.24. The van der Waals surface area contributed by atoms with Gasteiger partial charge in [0, 0.05) is 48.5 Å². The zero-order valence-corrected chi connectivity index (χ0v) is 16.2. The number of benzene rings is 1. The number of pyridine rings is 2. The average molecular weight is 401 g/mol. The summed E-state index contributed by atoms with van der Waals surface area (Å²) in [4.78, 5) is 31.6. The van der Waals surface area contributed by atoms with Crippen molar-refractivity contribution in [1.29, 1.82) is 0 Å². The number of ether oxygens (including phenoxy) is 1. The summed E-state index contributed by atoms with van der Waals surface area (Å²) in [7, 11) is 0. The second kappa shape index (κ2) is 8.44. The lowest BCUT2D eigenvalue weighted by atomic mass is 10.1. The van der Waals surface area contributed by atoms with Crippen LogP contribution in [0.5, 0.6) is 11.5 Å². The van der Waals surface area contributed by atoms with Crippen molar-refractivity contribution in [2.45, 2.75) is 13.5 Å². The van der Waals surface area contributed by atoms with Crippen molar-refractivity contribution in [2.75, 3.05) is 5.32 Å². The van der Waals surface area contributed by atoms with Crippen LogP contribution in [0.4, 0.5) is 5.82 Å². The molecule has 3 heterocycles. The first-order chi connectivity index (χ1) is 14.6. The fourth-order valence-corrected chi connectivity index (χ4v) is 3.06. The van der Waals surface area contributed by atoms with Gasteiger partial charge in [0.25, 0.3) is 5.91 Å². The maximum Gasteiger partial charge on any atom is 0.251 e. The van der Waals surface area contributed by atoms with Crippen LogP contribution in [0.15, 0.2) is 67.3 Å². The van der Waals surface area contributed by atoms with Crippen molar-refractivity contribution in [2.24, 2.45) is 0 Å². The van der Waals surface area contributed by atoms with E-state index in [-0.39, 0.29) is 5.91 Å². The Morgan fingerprint density at radius 1 is 1.17 bits per heavy atom. The molecule has 0 fully saturated rings. The van der Waals surface area contributed by atoms with Gasteiger partial charge < -0.3 is 19.8 Å². The maximum absolute atomic E-state index is 12.8. The zero-order valence-electron chi connectivity index (χ0n) is 16.2. The van der Waals surface area contributed by atoms with Gasteiger partial charge in [-0.3, -0.25) is 9.59 Å². The van der Waals surface area contributed by atoms with Crippen molar-refractivity contribution in [1.82, 2.24) is 19.7 Å². The van der Waals surface area contributed by atoms with Crippen LogP contribution in [-0.2, 0) is 11.3 Å². The van der Waals surface area contributed by atoms with Crippen LogP contribution in [0.1, 0.15) is 21.5 Å². The lowest BCUT2D eigenvalue weighted by Gasteiger charge is -2.13. The van der Waals surface area contributed by atoms with Gasteiger partial charge in [-0.25, -0.2) is 9.97 Å². The minimum absolute atomic E-state index is 0.193. The van der Waals surface area contributed by atoms with Crippen LogP contribution in [0.2, 0.25) is 0 Å². The molecule has 0 bridgehead atoms. The topological polar surface area (TPSA) is 97.6 Å². The largest absolute Gasteiger partial charge is 0.457 e. The lowest BCUT2D eigenvalue weighted by molar-refractivity contribution is -0.105. The Bertz CT molecular complexity index is 1220. The number of hydrogen-bond acceptors (Lipinski definition) is 5. The van der Waals surface area contributed by atoms with Crippen molar-refractivity contribution >= 4 is 23.8 Å². The van der Waals surface area contributed by atoms with E-state index in [0.29, 0.717) is 41.4 Å². The Morgan fingerprint density at radius 2 is 2.07 bits per heavy atom. The Morgan fingerprint density at radius 3 is 2.93 bits per heavy atom. The highest BCUT2D eigenvalue weighted by Gasteiger charge is 2.13. The molecule has 0 saturated heterocycles. The van der Waals surface area contributed by atoms with E-state index in [4.69, 9.17) is 4.74 Å². The fraction of sp³-hybridized carbons (Fsp3) is 0.0909. The summed E-state index contributed by atoms with van der Waals surface area (Å²) < 4.78 is 7.81. The number of nitrogens with one attached hydrogen (secondary N) is 2. The number of carbonyl (C=O) groups excluding carboxylic acids is 2. The first kappa shape index (κ1) is 19.1. The van der Waals surface area contributed by atoms with Crippen molar-refractivity contribution < 1.29 is 14.3 Å². The molecular weight excluding hydrogens is 382 g/mol. The number of nitrogens with zero attached hydrogens (tertiary/aromatic N) is 3. The zero-order chi connectivity index (χ0) is 20.9. The summed E-state index contributed by atoms with van der Waals surface area (Å²) in [5, 5.41) is 5.42. The number of fused-ring (bicyclic) bond motifs is 1. The van der Waals surface area contributed by atoms with E-state index in [1.54, 1.807) is 36.5 Å². The molecule has 1 aromatic carbocycles. The number of carbonyl (C=O) groups is 2. The van der Waals surface area contributed by atoms with E-state index >= 15 is 0 Å². The predicted molar refractivity (Wildman–Crippen MR) is 112 cm³/mol. The molecule has 0 saturated carbocycles. The summed E-state index contributed by atoms with van der Waals surface area (Å²) in [6.45, 7) is 2.22. The third-order valence-electron chi connectivity index (χ3n) is 4.60. The monoisotopic (exact) mass is 401 g/mol. The number of aromatic nitrogens is 3. The molecule has 0 radical (unpaired) electrons. The maximum atomic E-state index is 12.8. The molecule has 0 aliphatic carbocycles. The van der Waals surface area contributed by atoms with Gasteiger partial charge in [0.2, 0.25) is 6.41 Å². The van der Waals surface area contributed by atoms with E-state index in [9.17, 15) is 9.59 Å². The second-order valence-corrected chi connectivity index (χ2v) is 6.58. The van der Waals surface area contributed by atoms with Crippen LogP contribution < -0.4 is 15.4 Å². The van der Waals surface area contributed by atoms with Crippen molar-refractivity contribution in [3.63, 3.8) is 0 Å². The minimum Gasteiger partial charge on any atom is -0.457 e. The van der Waals surface area contributed by atoms with Crippen LogP contribution in [0, 0.1) is 6.92 Å². The molecule has 2 N–H and O–H groups in total. The molecule has 0 spiro atoms. The highest BCUT2D eigenvalue weighted by Crippen LogP contribution is 2.28. The second-order valence-electron chi connectivity index (χ2n) is 6.58. The number of rotatable bonds is 7. The van der Waals surface area contributed by atoms with Gasteiger partial charge in [0.1, 0.15) is 23.0 Å². The third kappa shape index (κ3) is 4.12. The first-order valence-corrected chi connectivity index (χ1v) is 9.27. The quantitative estimate of drug-likeness (QED) is 0.463. The molecule has 8 nitrogen and oxygen atoms in total. The molecule has 0 aliphatic rings. The minimum atomic E-state index is -0.193. The van der Waals surface area contributed by atoms with E-state index < -0.39 is 0 Å². The van der Waals surface area contributed by atoms with E-state index in [1.165, 1.54) is 6.20 Å². The van der Waals surface area contributed by atoms with E-state index in [0.717, 1.165) is 11.2 Å². The molecule has 0 atom stereocenters. The standard InChI is InChI=1S/C22H19N5O3/c1-15-18(22(29)25-12-16-5-6-21-24-9-10-27(21)13-16)3-2-4-19(15)30-17-7-8-23-20(11-17)26-14-28/h2-11,13-14H,12H2,1H3,(H,25,29)(H,23,26,28). The Hall–Kier alpha value is -4.20. The lowest BCUT2D eigenvalue weighted by Crippen LogP contribution is -2.23. The SMILES string of the molecule is Cc1c(Oc2ccnc(NC=O)c2)cccc1C(=O)NCc1ccc2nccn2c1. The molecular formula is C22H19N5O3. The molecule has 4 aromatic rings. The van der Waals surface area contributed by atoms with Gasteiger partial charge in [0.05, 0.1) is 0 Å². The van der Waals surface area contributed by atoms with Crippen molar-refractivity contribution in [3.8, 4) is 11.5 Å². The number of imidazole rings is 1. The summed E-state index contributed by atoms with van der Waals surface area (Å²) in [6.07, 6.45) is 7.61. The molecule has 150 valence electrons. The third-order valence-corrected chi connectivity index (χ3v) is 4.60. The normalized spacial score (nSPS) is 10.6. The van der Waals surface area contributed by atoms with Gasteiger partial charge in [-0.2, -0.15) is 0 Å². The average Bonchev–Trinajstić information content (AvgIpc) is 3.22. The Balaban J connectivity index is 1.48. The first-order valence-electron chi connectivity index (χ1n) is 9.27. The van der Waals surface area contributed by atoms with E-state index in [1.807, 2.05) is 35.9 Å². The fourth-order valence-electron chi connectivity index (χ4n) is 3.06. The highest BCUT2D eigenvalue weighted by molar-refractivity contribution is 5.96. The highest BCUT2D eigenvalue weighted by atomic mass is 16.5. The van der Waals surface area contributed by atoms with Crippen LogP contribution in [0.3, 0.4) is 0 Å². The molecule has 8 heteroatoms. The number of hydrogen-bond donors (Lipinski definition) is 2. The molecule has 0 unspecified atom stereocenters. The Labute approximate surface area is 172 Å². The van der Waals surface area contributed by atoms with Gasteiger partial charge in [-0.05, 0) is 36.8 Å². The van der Waals surface area contributed by atoms with Gasteiger partial charge in [-0.1, -0.05) is 12.1 Å². The smallest absolute Gasteiger partial charge is 0.251 e. The number of anilines is 1. The van der Waals surface area contributed by atoms with Crippen molar-refractivity contribution in [3.05, 3.63) is 83.9 Å². The summed E-state index contributed by atoms with van der Waals surface area (Å²) in [5.41, 5.74) is 3.05. The van der Waals surface area contributed by atoms with Crippen LogP contribution >= 0.6 is 0 Å². The molecule has 0 aliphatic heterocycles. The molecule has 2 amide bonds. The summed E-state index contributed by atoms with van der Waals surface area (Å²) >= 11 is 0. The van der Waals surface area contributed by atoms with Gasteiger partial charge >= 0.3 is 0 Å². The van der Waals surface area contributed by atoms with Gasteiger partial charge in [0.15, 0.2) is 0 Å². The Kier molecular flexibility index (Phi) is 5.38. The molecule has 4 rings (SSSR count). The van der Waals surface area contributed by atoms with Crippen LogP contribution in [-0.4, -0.2) is 26.7 Å². The van der Waals surface area contributed by atoms with E-state index in [2.05, 4.69) is 20.6 Å². The molecule has 30 heavy (non-hydrogen) atoms. The summed E-state index contributed by atoms with van der Waals surface area (Å²) in [6, 6.07) is 12.4. The number of amides is 2. The predicted octanol–water partition coefficient (Wildman–Crippen LogP) is 3.33. The van der Waals surface area contributed by atoms with Crippen LogP contribution in [0.25, 0.3) is 5.65 Å². The molecule has 3 aromatic heterocycles. The van der Waals surface area contributed by atoms with Gasteiger partial charge in [-0.15, -0.1) is 0 Å².